The number of nitrogens with one attached hydrogen (secondary N) is 2. The zero-order valence-electron chi connectivity index (χ0n) is 16.2. The molecule has 0 bridgehead atoms. The van der Waals surface area contributed by atoms with Gasteiger partial charge in [0, 0.05) is 36.5 Å². The van der Waals surface area contributed by atoms with Crippen molar-refractivity contribution >= 4 is 23.1 Å². The van der Waals surface area contributed by atoms with Crippen LogP contribution < -0.4 is 16.3 Å². The third kappa shape index (κ3) is 4.21. The highest BCUT2D eigenvalue weighted by Gasteiger charge is 2.39. The monoisotopic (exact) mass is 393 g/mol. The quantitative estimate of drug-likeness (QED) is 0.599. The van der Waals surface area contributed by atoms with Gasteiger partial charge in [-0.1, -0.05) is 13.0 Å². The van der Waals surface area contributed by atoms with E-state index in [1.54, 1.807) is 42.6 Å². The van der Waals surface area contributed by atoms with Gasteiger partial charge in [-0.05, 0) is 55.2 Å². The Morgan fingerprint density at radius 3 is 2.62 bits per heavy atom. The number of hydrogen-bond acceptors (Lipinski definition) is 4. The van der Waals surface area contributed by atoms with Crippen LogP contribution in [-0.4, -0.2) is 32.5 Å². The van der Waals surface area contributed by atoms with Gasteiger partial charge in [0.2, 0.25) is 5.91 Å². The van der Waals surface area contributed by atoms with Gasteiger partial charge in [-0.2, -0.15) is 0 Å². The van der Waals surface area contributed by atoms with Gasteiger partial charge in [0.25, 0.3) is 5.91 Å². The number of benzene rings is 1. The van der Waals surface area contributed by atoms with E-state index >= 15 is 0 Å². The van der Waals surface area contributed by atoms with Crippen LogP contribution in [0.15, 0.2) is 53.5 Å². The topological polar surface area (TPSA) is 97.5 Å². The van der Waals surface area contributed by atoms with Crippen molar-refractivity contribution in [1.82, 2.24) is 19.5 Å². The Kier molecular flexibility index (Phi) is 5.16. The van der Waals surface area contributed by atoms with Gasteiger partial charge in [0.1, 0.15) is 0 Å². The van der Waals surface area contributed by atoms with Crippen molar-refractivity contribution in [2.24, 2.45) is 11.8 Å². The first-order chi connectivity index (χ1) is 14.0. The van der Waals surface area contributed by atoms with E-state index in [-0.39, 0.29) is 23.4 Å². The lowest BCUT2D eigenvalue weighted by Gasteiger charge is -2.07. The largest absolute Gasteiger partial charge is 0.352 e. The van der Waals surface area contributed by atoms with Crippen molar-refractivity contribution in [3.63, 3.8) is 0 Å². The maximum atomic E-state index is 12.3. The molecule has 2 atom stereocenters. The van der Waals surface area contributed by atoms with E-state index in [9.17, 15) is 14.4 Å². The molecule has 4 rings (SSSR count). The number of aromatic nitrogens is 3. The standard InChI is InChI=1S/C21H23N5O3/c1-14-13-17(14)20(28)23-16-8-6-15(7-9-16)19(27)22-10-4-12-26-21(29)25-11-3-2-5-18(25)24-26/h2-3,5-9,11,14,17H,4,10,12-13H2,1H3,(H,22,27)(H,23,28). The van der Waals surface area contributed by atoms with E-state index in [2.05, 4.69) is 22.7 Å². The molecule has 0 spiro atoms. The zero-order valence-corrected chi connectivity index (χ0v) is 16.2. The summed E-state index contributed by atoms with van der Waals surface area (Å²) in [6.45, 7) is 2.91. The number of hydrogen-bond donors (Lipinski definition) is 2. The molecule has 1 fully saturated rings. The first-order valence-corrected chi connectivity index (χ1v) is 9.76. The molecular formula is C21H23N5O3. The fraction of sp³-hybridized carbons (Fsp3) is 0.333. The average molecular weight is 393 g/mol. The summed E-state index contributed by atoms with van der Waals surface area (Å²) in [4.78, 5) is 36.4. The minimum atomic E-state index is -0.193. The molecule has 2 amide bonds. The molecule has 8 heteroatoms. The summed E-state index contributed by atoms with van der Waals surface area (Å²) in [5, 5.41) is 9.98. The molecule has 1 aliphatic carbocycles. The van der Waals surface area contributed by atoms with Crippen LogP contribution in [0.2, 0.25) is 0 Å². The first-order valence-electron chi connectivity index (χ1n) is 9.76. The van der Waals surface area contributed by atoms with Crippen LogP contribution >= 0.6 is 0 Å². The Bertz CT molecular complexity index is 1100. The Labute approximate surface area is 167 Å². The van der Waals surface area contributed by atoms with Gasteiger partial charge in [-0.3, -0.25) is 14.0 Å². The number of fused-ring (bicyclic) bond motifs is 1. The number of anilines is 1. The molecule has 0 aliphatic heterocycles. The molecule has 29 heavy (non-hydrogen) atoms. The third-order valence-electron chi connectivity index (χ3n) is 5.18. The van der Waals surface area contributed by atoms with Crippen molar-refractivity contribution in [3.05, 3.63) is 64.7 Å². The van der Waals surface area contributed by atoms with E-state index in [4.69, 9.17) is 0 Å². The van der Waals surface area contributed by atoms with Gasteiger partial charge >= 0.3 is 5.69 Å². The summed E-state index contributed by atoms with van der Waals surface area (Å²) >= 11 is 0. The zero-order chi connectivity index (χ0) is 20.4. The predicted molar refractivity (Wildman–Crippen MR) is 109 cm³/mol. The minimum absolute atomic E-state index is 0.0388. The Balaban J connectivity index is 1.25. The number of rotatable bonds is 7. The molecule has 1 aromatic carbocycles. The van der Waals surface area contributed by atoms with E-state index < -0.39 is 0 Å². The smallest absolute Gasteiger partial charge is 0.350 e. The van der Waals surface area contributed by atoms with E-state index in [0.717, 1.165) is 6.42 Å². The maximum Gasteiger partial charge on any atom is 0.350 e. The molecule has 150 valence electrons. The van der Waals surface area contributed by atoms with E-state index in [1.807, 2.05) is 6.07 Å². The summed E-state index contributed by atoms with van der Waals surface area (Å²) in [7, 11) is 0. The fourth-order valence-corrected chi connectivity index (χ4v) is 3.27. The van der Waals surface area contributed by atoms with Crippen LogP contribution in [-0.2, 0) is 11.3 Å². The number of aryl methyl sites for hydroxylation is 1. The van der Waals surface area contributed by atoms with Crippen molar-refractivity contribution in [2.45, 2.75) is 26.3 Å². The molecule has 1 saturated carbocycles. The summed E-state index contributed by atoms with van der Waals surface area (Å²) in [5.74, 6) is 0.410. The molecule has 0 radical (unpaired) electrons. The van der Waals surface area contributed by atoms with Crippen molar-refractivity contribution in [3.8, 4) is 0 Å². The van der Waals surface area contributed by atoms with Crippen LogP contribution in [0.3, 0.4) is 0 Å². The van der Waals surface area contributed by atoms with Crippen LogP contribution in [0.1, 0.15) is 30.1 Å². The molecule has 0 saturated heterocycles. The van der Waals surface area contributed by atoms with E-state index in [0.29, 0.717) is 42.3 Å². The molecule has 8 nitrogen and oxygen atoms in total. The number of carbonyl (C=O) groups excluding carboxylic acids is 2. The lowest BCUT2D eigenvalue weighted by molar-refractivity contribution is -0.117. The second-order valence-electron chi connectivity index (χ2n) is 7.43. The van der Waals surface area contributed by atoms with Gasteiger partial charge in [0.05, 0.1) is 0 Å². The number of amides is 2. The van der Waals surface area contributed by atoms with Crippen LogP contribution in [0, 0.1) is 11.8 Å². The van der Waals surface area contributed by atoms with Crippen molar-refractivity contribution in [1.29, 1.82) is 0 Å². The molecule has 1 aliphatic rings. The number of nitrogens with zero attached hydrogens (tertiary/aromatic N) is 3. The Morgan fingerprint density at radius 2 is 1.93 bits per heavy atom. The van der Waals surface area contributed by atoms with Gasteiger partial charge in [0.15, 0.2) is 5.65 Å². The van der Waals surface area contributed by atoms with Crippen LogP contribution in [0.4, 0.5) is 5.69 Å². The highest BCUT2D eigenvalue weighted by molar-refractivity contribution is 5.96. The summed E-state index contributed by atoms with van der Waals surface area (Å²) in [6.07, 6.45) is 3.21. The average Bonchev–Trinajstić information content (AvgIpc) is 3.38. The Hall–Kier alpha value is -3.42. The predicted octanol–water partition coefficient (Wildman–Crippen LogP) is 1.91. The maximum absolute atomic E-state index is 12.3. The summed E-state index contributed by atoms with van der Waals surface area (Å²) < 4.78 is 2.89. The summed E-state index contributed by atoms with van der Waals surface area (Å²) in [6, 6.07) is 12.2. The molecule has 2 N–H and O–H groups in total. The van der Waals surface area contributed by atoms with Crippen LogP contribution in [0.25, 0.3) is 5.65 Å². The minimum Gasteiger partial charge on any atom is -0.352 e. The number of carbonyl (C=O) groups is 2. The molecular weight excluding hydrogens is 370 g/mol. The first kappa shape index (κ1) is 18.9. The lowest BCUT2D eigenvalue weighted by atomic mass is 10.2. The fourth-order valence-electron chi connectivity index (χ4n) is 3.27. The van der Waals surface area contributed by atoms with E-state index in [1.165, 1.54) is 9.08 Å². The highest BCUT2D eigenvalue weighted by atomic mass is 16.2. The number of pyridine rings is 1. The molecule has 2 unspecified atom stereocenters. The van der Waals surface area contributed by atoms with Crippen LogP contribution in [0.5, 0.6) is 0 Å². The highest BCUT2D eigenvalue weighted by Crippen LogP contribution is 2.38. The second-order valence-corrected chi connectivity index (χ2v) is 7.43. The van der Waals surface area contributed by atoms with Gasteiger partial charge in [-0.15, -0.1) is 5.10 Å². The van der Waals surface area contributed by atoms with Gasteiger partial charge in [-0.25, -0.2) is 9.48 Å². The second kappa shape index (κ2) is 7.90. The summed E-state index contributed by atoms with van der Waals surface area (Å²) in [5.41, 5.74) is 1.62. The molecule has 2 heterocycles. The normalized spacial score (nSPS) is 17.8. The third-order valence-corrected chi connectivity index (χ3v) is 5.18. The molecule has 3 aromatic rings. The van der Waals surface area contributed by atoms with Crippen molar-refractivity contribution in [2.75, 3.05) is 11.9 Å². The Morgan fingerprint density at radius 1 is 1.17 bits per heavy atom. The van der Waals surface area contributed by atoms with Crippen molar-refractivity contribution < 1.29 is 9.59 Å². The molecule has 2 aromatic heterocycles. The van der Waals surface area contributed by atoms with Gasteiger partial charge < -0.3 is 10.6 Å². The SMILES string of the molecule is CC1CC1C(=O)Nc1ccc(C(=O)NCCCn2nc3ccccn3c2=O)cc1. The lowest BCUT2D eigenvalue weighted by Crippen LogP contribution is -2.27.